The molecule has 1 aliphatic heterocycles. The maximum Gasteiger partial charge on any atom is 0.494 e. The number of benzene rings is 1. The Kier molecular flexibility index (Phi) is 3.57. The molecule has 1 fully saturated rings. The van der Waals surface area contributed by atoms with Crippen molar-refractivity contribution in [1.82, 2.24) is 4.98 Å². The molecule has 1 aliphatic rings. The zero-order valence-electron chi connectivity index (χ0n) is 14.3. The van der Waals surface area contributed by atoms with Gasteiger partial charge in [-0.1, -0.05) is 26.0 Å². The van der Waals surface area contributed by atoms with Gasteiger partial charge in [-0.25, -0.2) is 0 Å². The van der Waals surface area contributed by atoms with Gasteiger partial charge in [0.15, 0.2) is 0 Å². The summed E-state index contributed by atoms with van der Waals surface area (Å²) >= 11 is 0. The van der Waals surface area contributed by atoms with E-state index in [1.54, 1.807) is 0 Å². The number of hydrogen-bond donors (Lipinski definition) is 0. The van der Waals surface area contributed by atoms with E-state index in [4.69, 9.17) is 9.31 Å². The third-order valence-corrected chi connectivity index (χ3v) is 4.95. The highest BCUT2D eigenvalue weighted by Crippen LogP contribution is 2.36. The second-order valence-electron chi connectivity index (χ2n) is 7.42. The average Bonchev–Trinajstić information content (AvgIpc) is 2.66. The molecule has 1 aromatic carbocycles. The molecule has 3 rings (SSSR count). The van der Waals surface area contributed by atoms with E-state index in [-0.39, 0.29) is 18.3 Å². The molecule has 0 radical (unpaired) electrons. The molecule has 1 aromatic heterocycles. The van der Waals surface area contributed by atoms with Gasteiger partial charge in [0.25, 0.3) is 0 Å². The van der Waals surface area contributed by atoms with Crippen molar-refractivity contribution < 1.29 is 9.31 Å². The Morgan fingerprint density at radius 1 is 1.00 bits per heavy atom. The molecule has 0 bridgehead atoms. The molecule has 0 unspecified atom stereocenters. The van der Waals surface area contributed by atoms with Crippen molar-refractivity contribution in [3.8, 4) is 0 Å². The Balaban J connectivity index is 2.05. The van der Waals surface area contributed by atoms with Crippen LogP contribution in [0.1, 0.15) is 53.0 Å². The van der Waals surface area contributed by atoms with Gasteiger partial charge in [-0.15, -0.1) is 0 Å². The summed E-state index contributed by atoms with van der Waals surface area (Å²) in [4.78, 5) is 4.47. The van der Waals surface area contributed by atoms with Gasteiger partial charge in [-0.2, -0.15) is 0 Å². The van der Waals surface area contributed by atoms with Crippen molar-refractivity contribution >= 4 is 23.5 Å². The Morgan fingerprint density at radius 3 is 2.23 bits per heavy atom. The Hall–Kier alpha value is -1.39. The first kappa shape index (κ1) is 15.5. The minimum atomic E-state index is -0.324. The lowest BCUT2D eigenvalue weighted by Gasteiger charge is -2.32. The summed E-state index contributed by atoms with van der Waals surface area (Å²) < 4.78 is 12.3. The highest BCUT2D eigenvalue weighted by molar-refractivity contribution is 6.62. The van der Waals surface area contributed by atoms with Gasteiger partial charge in [0.2, 0.25) is 0 Å². The van der Waals surface area contributed by atoms with Crippen molar-refractivity contribution in [1.29, 1.82) is 0 Å². The predicted molar refractivity (Wildman–Crippen MR) is 91.5 cm³/mol. The lowest BCUT2D eigenvalue weighted by atomic mass is 9.78. The van der Waals surface area contributed by atoms with Crippen LogP contribution >= 0.6 is 0 Å². The van der Waals surface area contributed by atoms with Crippen LogP contribution in [0.3, 0.4) is 0 Å². The summed E-state index contributed by atoms with van der Waals surface area (Å²) in [5.41, 5.74) is 2.75. The Morgan fingerprint density at radius 2 is 1.64 bits per heavy atom. The van der Waals surface area contributed by atoms with Crippen LogP contribution in [0, 0.1) is 0 Å². The van der Waals surface area contributed by atoms with E-state index < -0.39 is 0 Å². The first-order chi connectivity index (χ1) is 10.2. The van der Waals surface area contributed by atoms with Crippen molar-refractivity contribution in [3.05, 3.63) is 36.0 Å². The molecule has 22 heavy (non-hydrogen) atoms. The summed E-state index contributed by atoms with van der Waals surface area (Å²) in [5, 5.41) is 1.18. The Labute approximate surface area is 133 Å². The second-order valence-corrected chi connectivity index (χ2v) is 7.42. The van der Waals surface area contributed by atoms with Crippen molar-refractivity contribution in [2.24, 2.45) is 0 Å². The summed E-state index contributed by atoms with van der Waals surface area (Å²) in [6.07, 6.45) is 1.88. The largest absolute Gasteiger partial charge is 0.494 e. The minimum absolute atomic E-state index is 0.317. The van der Waals surface area contributed by atoms with Crippen LogP contribution in [0.2, 0.25) is 0 Å². The smallest absolute Gasteiger partial charge is 0.399 e. The van der Waals surface area contributed by atoms with Gasteiger partial charge in [0.05, 0.1) is 16.7 Å². The third-order valence-electron chi connectivity index (χ3n) is 4.95. The van der Waals surface area contributed by atoms with Crippen LogP contribution in [-0.4, -0.2) is 23.3 Å². The topological polar surface area (TPSA) is 31.4 Å². The van der Waals surface area contributed by atoms with E-state index in [0.717, 1.165) is 11.0 Å². The van der Waals surface area contributed by atoms with Gasteiger partial charge in [0.1, 0.15) is 0 Å². The van der Waals surface area contributed by atoms with Gasteiger partial charge >= 0.3 is 7.12 Å². The van der Waals surface area contributed by atoms with Crippen LogP contribution in [-0.2, 0) is 9.31 Å². The number of aromatic nitrogens is 1. The fourth-order valence-electron chi connectivity index (χ4n) is 2.81. The third kappa shape index (κ3) is 2.44. The molecule has 116 valence electrons. The molecule has 2 heterocycles. The van der Waals surface area contributed by atoms with E-state index in [1.807, 2.05) is 6.20 Å². The fraction of sp³-hybridized carbons (Fsp3) is 0.500. The number of nitrogens with zero attached hydrogens (tertiary/aromatic N) is 1. The molecule has 4 heteroatoms. The molecule has 1 saturated heterocycles. The maximum absolute atomic E-state index is 6.16. The number of rotatable bonds is 2. The minimum Gasteiger partial charge on any atom is -0.399 e. The number of hydrogen-bond acceptors (Lipinski definition) is 3. The molecular weight excluding hydrogens is 273 g/mol. The predicted octanol–water partition coefficient (Wildman–Crippen LogP) is 3.66. The second kappa shape index (κ2) is 5.07. The van der Waals surface area contributed by atoms with Crippen LogP contribution in [0.25, 0.3) is 10.9 Å². The van der Waals surface area contributed by atoms with Crippen molar-refractivity contribution in [3.63, 3.8) is 0 Å². The van der Waals surface area contributed by atoms with Gasteiger partial charge in [-0.05, 0) is 56.8 Å². The zero-order chi connectivity index (χ0) is 16.1. The first-order valence-electron chi connectivity index (χ1n) is 7.95. The van der Waals surface area contributed by atoms with Crippen LogP contribution in [0.4, 0.5) is 0 Å². The quantitative estimate of drug-likeness (QED) is 0.793. The highest BCUT2D eigenvalue weighted by Gasteiger charge is 2.51. The lowest BCUT2D eigenvalue weighted by Crippen LogP contribution is -2.41. The fourth-order valence-corrected chi connectivity index (χ4v) is 2.81. The van der Waals surface area contributed by atoms with E-state index in [2.05, 4.69) is 70.8 Å². The molecule has 0 saturated carbocycles. The molecule has 0 N–H and O–H groups in total. The monoisotopic (exact) mass is 297 g/mol. The summed E-state index contributed by atoms with van der Waals surface area (Å²) in [6.45, 7) is 12.7. The lowest BCUT2D eigenvalue weighted by molar-refractivity contribution is 0.00578. The van der Waals surface area contributed by atoms with Crippen LogP contribution in [0.15, 0.2) is 30.5 Å². The summed E-state index contributed by atoms with van der Waals surface area (Å²) in [6, 6.07) is 8.38. The highest BCUT2D eigenvalue weighted by atomic mass is 16.7. The molecule has 0 atom stereocenters. The molecule has 0 aliphatic carbocycles. The molecule has 3 nitrogen and oxygen atoms in total. The van der Waals surface area contributed by atoms with E-state index in [1.165, 1.54) is 10.9 Å². The summed E-state index contributed by atoms with van der Waals surface area (Å²) in [7, 11) is -0.324. The van der Waals surface area contributed by atoms with Gasteiger partial charge < -0.3 is 9.31 Å². The standard InChI is InChI=1S/C18H24BNO2/c1-12(2)14-9-10-20-16-8-7-13(11-15(14)16)19-21-17(3,4)18(5,6)22-19/h7-12H,1-6H3. The average molecular weight is 297 g/mol. The normalized spacial score (nSPS) is 20.0. The SMILES string of the molecule is CC(C)c1ccnc2ccc(B3OC(C)(C)C(C)(C)O3)cc12. The van der Waals surface area contributed by atoms with Crippen LogP contribution in [0.5, 0.6) is 0 Å². The first-order valence-corrected chi connectivity index (χ1v) is 7.95. The molecular formula is C18H24BNO2. The van der Waals surface area contributed by atoms with Crippen LogP contribution < -0.4 is 5.46 Å². The number of fused-ring (bicyclic) bond motifs is 1. The van der Waals surface area contributed by atoms with E-state index in [0.29, 0.717) is 5.92 Å². The maximum atomic E-state index is 6.16. The van der Waals surface area contributed by atoms with E-state index >= 15 is 0 Å². The summed E-state index contributed by atoms with van der Waals surface area (Å²) in [5.74, 6) is 0.457. The van der Waals surface area contributed by atoms with Gasteiger partial charge in [0, 0.05) is 11.6 Å². The van der Waals surface area contributed by atoms with Crippen molar-refractivity contribution in [2.45, 2.75) is 58.7 Å². The molecule has 0 amide bonds. The molecule has 0 spiro atoms. The zero-order valence-corrected chi connectivity index (χ0v) is 14.3. The number of pyridine rings is 1. The van der Waals surface area contributed by atoms with Gasteiger partial charge in [-0.3, -0.25) is 4.98 Å². The molecule has 2 aromatic rings. The van der Waals surface area contributed by atoms with E-state index in [9.17, 15) is 0 Å². The Bertz CT molecular complexity index is 693. The van der Waals surface area contributed by atoms with Crippen molar-refractivity contribution in [2.75, 3.05) is 0 Å².